The molecule has 3 amide bonds. The fourth-order valence-corrected chi connectivity index (χ4v) is 2.90. The molecule has 1 aliphatic heterocycles. The number of urea groups is 1. The monoisotopic (exact) mass is 323 g/mol. The maximum Gasteiger partial charge on any atom is 0.314 e. The SMILES string of the molecule is C[C@H](CC(=O)N[C@H]1CCN(C(N)=O)C1)Cc1ccc(Cl)cc1. The first-order valence-corrected chi connectivity index (χ1v) is 7.90. The van der Waals surface area contributed by atoms with Crippen molar-refractivity contribution in [3.8, 4) is 0 Å². The zero-order valence-corrected chi connectivity index (χ0v) is 13.5. The molecule has 6 heteroatoms. The van der Waals surface area contributed by atoms with Gasteiger partial charge in [0.25, 0.3) is 0 Å². The normalized spacial score (nSPS) is 19.0. The van der Waals surface area contributed by atoms with Crippen molar-refractivity contribution in [3.05, 3.63) is 34.9 Å². The Labute approximate surface area is 135 Å². The third kappa shape index (κ3) is 4.91. The van der Waals surface area contributed by atoms with Crippen LogP contribution in [0.15, 0.2) is 24.3 Å². The zero-order valence-electron chi connectivity index (χ0n) is 12.7. The Balaban J connectivity index is 1.74. The first-order chi connectivity index (χ1) is 10.4. The minimum Gasteiger partial charge on any atom is -0.352 e. The van der Waals surface area contributed by atoms with E-state index < -0.39 is 6.03 Å². The fraction of sp³-hybridized carbons (Fsp3) is 0.500. The summed E-state index contributed by atoms with van der Waals surface area (Å²) < 4.78 is 0. The van der Waals surface area contributed by atoms with Crippen LogP contribution in [0.25, 0.3) is 0 Å². The molecule has 1 saturated heterocycles. The van der Waals surface area contributed by atoms with Gasteiger partial charge in [-0.2, -0.15) is 0 Å². The van der Waals surface area contributed by atoms with Gasteiger partial charge in [0.2, 0.25) is 5.91 Å². The number of hydrogen-bond donors (Lipinski definition) is 2. The van der Waals surface area contributed by atoms with Crippen LogP contribution >= 0.6 is 11.6 Å². The lowest BCUT2D eigenvalue weighted by Gasteiger charge is -2.16. The van der Waals surface area contributed by atoms with Crippen molar-refractivity contribution in [1.82, 2.24) is 10.2 Å². The van der Waals surface area contributed by atoms with Gasteiger partial charge in [0.05, 0.1) is 0 Å². The molecule has 0 aromatic heterocycles. The summed E-state index contributed by atoms with van der Waals surface area (Å²) in [7, 11) is 0. The van der Waals surface area contributed by atoms with Gasteiger partial charge in [-0.3, -0.25) is 4.79 Å². The van der Waals surface area contributed by atoms with E-state index in [1.165, 1.54) is 5.56 Å². The first-order valence-electron chi connectivity index (χ1n) is 7.52. The quantitative estimate of drug-likeness (QED) is 0.871. The molecule has 0 aliphatic carbocycles. The van der Waals surface area contributed by atoms with Crippen LogP contribution in [0, 0.1) is 5.92 Å². The lowest BCUT2D eigenvalue weighted by Crippen LogP contribution is -2.40. The van der Waals surface area contributed by atoms with Crippen LogP contribution in [0.2, 0.25) is 5.02 Å². The third-order valence-corrected chi connectivity index (χ3v) is 4.15. The number of nitrogens with one attached hydrogen (secondary N) is 1. The number of nitrogens with zero attached hydrogens (tertiary/aromatic N) is 1. The van der Waals surface area contributed by atoms with E-state index in [2.05, 4.69) is 12.2 Å². The number of amides is 3. The molecule has 0 saturated carbocycles. The summed E-state index contributed by atoms with van der Waals surface area (Å²) in [5.74, 6) is 0.271. The minimum atomic E-state index is -0.423. The Bertz CT molecular complexity index is 533. The molecule has 22 heavy (non-hydrogen) atoms. The molecule has 120 valence electrons. The van der Waals surface area contributed by atoms with Crippen LogP contribution < -0.4 is 11.1 Å². The number of carbonyl (C=O) groups is 2. The maximum atomic E-state index is 12.1. The number of halogens is 1. The topological polar surface area (TPSA) is 75.4 Å². The molecule has 1 fully saturated rings. The molecule has 1 aromatic carbocycles. The van der Waals surface area contributed by atoms with Crippen LogP contribution in [0.4, 0.5) is 4.79 Å². The van der Waals surface area contributed by atoms with Crippen LogP contribution in [0.3, 0.4) is 0 Å². The van der Waals surface area contributed by atoms with Crippen LogP contribution in [-0.4, -0.2) is 36.0 Å². The molecule has 1 heterocycles. The molecule has 1 aliphatic rings. The fourth-order valence-electron chi connectivity index (χ4n) is 2.78. The minimum absolute atomic E-state index is 0.0164. The summed E-state index contributed by atoms with van der Waals surface area (Å²) in [4.78, 5) is 24.7. The second kappa shape index (κ2) is 7.49. The van der Waals surface area contributed by atoms with E-state index in [0.717, 1.165) is 17.9 Å². The van der Waals surface area contributed by atoms with Gasteiger partial charge < -0.3 is 16.0 Å². The average molecular weight is 324 g/mol. The van der Waals surface area contributed by atoms with E-state index in [1.54, 1.807) is 4.90 Å². The Morgan fingerprint density at radius 3 is 2.68 bits per heavy atom. The molecule has 2 rings (SSSR count). The summed E-state index contributed by atoms with van der Waals surface area (Å²) in [6.45, 7) is 3.17. The van der Waals surface area contributed by atoms with Gasteiger partial charge in [0.15, 0.2) is 0 Å². The summed E-state index contributed by atoms with van der Waals surface area (Å²) in [6, 6.07) is 7.29. The number of rotatable bonds is 5. The van der Waals surface area contributed by atoms with Gasteiger partial charge in [0.1, 0.15) is 0 Å². The largest absolute Gasteiger partial charge is 0.352 e. The predicted molar refractivity (Wildman–Crippen MR) is 86.6 cm³/mol. The van der Waals surface area contributed by atoms with E-state index in [9.17, 15) is 9.59 Å². The van der Waals surface area contributed by atoms with Crippen molar-refractivity contribution in [2.75, 3.05) is 13.1 Å². The number of benzene rings is 1. The summed E-state index contributed by atoms with van der Waals surface area (Å²) in [5, 5.41) is 3.70. The number of carbonyl (C=O) groups excluding carboxylic acids is 2. The van der Waals surface area contributed by atoms with Crippen LogP contribution in [-0.2, 0) is 11.2 Å². The van der Waals surface area contributed by atoms with Crippen LogP contribution in [0.1, 0.15) is 25.3 Å². The van der Waals surface area contributed by atoms with Gasteiger partial charge in [-0.25, -0.2) is 4.79 Å². The molecule has 1 aromatic rings. The Morgan fingerprint density at radius 2 is 2.09 bits per heavy atom. The molecule has 0 spiro atoms. The van der Waals surface area contributed by atoms with E-state index in [1.807, 2.05) is 24.3 Å². The van der Waals surface area contributed by atoms with Gasteiger partial charge in [-0.1, -0.05) is 30.7 Å². The Morgan fingerprint density at radius 1 is 1.41 bits per heavy atom. The predicted octanol–water partition coefficient (Wildman–Crippen LogP) is 2.18. The zero-order chi connectivity index (χ0) is 16.1. The molecule has 0 unspecified atom stereocenters. The smallest absolute Gasteiger partial charge is 0.314 e. The van der Waals surface area contributed by atoms with Crippen LogP contribution in [0.5, 0.6) is 0 Å². The van der Waals surface area contributed by atoms with Crippen molar-refractivity contribution in [1.29, 1.82) is 0 Å². The Hall–Kier alpha value is -1.75. The molecule has 0 bridgehead atoms. The third-order valence-electron chi connectivity index (χ3n) is 3.90. The van der Waals surface area contributed by atoms with E-state index in [4.69, 9.17) is 17.3 Å². The first kappa shape index (κ1) is 16.6. The van der Waals surface area contributed by atoms with E-state index in [0.29, 0.717) is 19.5 Å². The molecule has 2 atom stereocenters. The number of primary amides is 1. The highest BCUT2D eigenvalue weighted by Crippen LogP contribution is 2.16. The number of nitrogens with two attached hydrogens (primary N) is 1. The summed E-state index contributed by atoms with van der Waals surface area (Å²) in [5.41, 5.74) is 6.40. The van der Waals surface area contributed by atoms with Crippen molar-refractivity contribution in [2.24, 2.45) is 11.7 Å². The van der Waals surface area contributed by atoms with Crippen molar-refractivity contribution < 1.29 is 9.59 Å². The maximum absolute atomic E-state index is 12.1. The lowest BCUT2D eigenvalue weighted by atomic mass is 9.97. The highest BCUT2D eigenvalue weighted by molar-refractivity contribution is 6.30. The van der Waals surface area contributed by atoms with Crippen molar-refractivity contribution in [3.63, 3.8) is 0 Å². The van der Waals surface area contributed by atoms with E-state index >= 15 is 0 Å². The van der Waals surface area contributed by atoms with Gasteiger partial charge in [-0.15, -0.1) is 0 Å². The molecular weight excluding hydrogens is 302 g/mol. The molecular formula is C16H22ClN3O2. The second-order valence-electron chi connectivity index (χ2n) is 5.98. The number of likely N-dealkylation sites (tertiary alicyclic amines) is 1. The second-order valence-corrected chi connectivity index (χ2v) is 6.41. The Kier molecular flexibility index (Phi) is 5.66. The highest BCUT2D eigenvalue weighted by Gasteiger charge is 2.26. The van der Waals surface area contributed by atoms with E-state index in [-0.39, 0.29) is 17.9 Å². The highest BCUT2D eigenvalue weighted by atomic mass is 35.5. The standard InChI is InChI=1S/C16H22ClN3O2/c1-11(8-12-2-4-13(17)5-3-12)9-15(21)19-14-6-7-20(10-14)16(18)22/h2-5,11,14H,6-10H2,1H3,(H2,18,22)(H,19,21)/t11-,14-/m0/s1. The summed E-state index contributed by atoms with van der Waals surface area (Å²) >= 11 is 5.86. The lowest BCUT2D eigenvalue weighted by molar-refractivity contribution is -0.122. The van der Waals surface area contributed by atoms with Crippen molar-refractivity contribution in [2.45, 2.75) is 32.2 Å². The van der Waals surface area contributed by atoms with Gasteiger partial charge in [-0.05, 0) is 36.5 Å². The summed E-state index contributed by atoms with van der Waals surface area (Å²) in [6.07, 6.45) is 2.07. The average Bonchev–Trinajstić information content (AvgIpc) is 2.89. The van der Waals surface area contributed by atoms with Gasteiger partial charge in [0, 0.05) is 30.6 Å². The molecule has 5 nitrogen and oxygen atoms in total. The van der Waals surface area contributed by atoms with Crippen molar-refractivity contribution >= 4 is 23.5 Å². The molecule has 0 radical (unpaired) electrons. The van der Waals surface area contributed by atoms with Gasteiger partial charge >= 0.3 is 6.03 Å². The molecule has 3 N–H and O–H groups in total. The number of hydrogen-bond acceptors (Lipinski definition) is 2.